The Morgan fingerprint density at radius 1 is 1.28 bits per heavy atom. The van der Waals surface area contributed by atoms with Gasteiger partial charge in [0.15, 0.2) is 5.92 Å². The fourth-order valence-corrected chi connectivity index (χ4v) is 1.48. The molecule has 0 aliphatic rings. The largest absolute Gasteiger partial charge is 0.481 e. The molecule has 1 N–H and O–H groups in total. The van der Waals surface area contributed by atoms with Crippen LogP contribution in [0.3, 0.4) is 0 Å². The van der Waals surface area contributed by atoms with Gasteiger partial charge in [-0.05, 0) is 31.0 Å². The van der Waals surface area contributed by atoms with Gasteiger partial charge in [0.1, 0.15) is 11.6 Å². The average Bonchev–Trinajstić information content (AvgIpc) is 2.24. The van der Waals surface area contributed by atoms with Crippen LogP contribution in [0, 0.1) is 17.6 Å². The van der Waals surface area contributed by atoms with Crippen molar-refractivity contribution < 1.29 is 28.2 Å². The van der Waals surface area contributed by atoms with Crippen molar-refractivity contribution in [3.05, 3.63) is 35.4 Å². The van der Waals surface area contributed by atoms with Crippen molar-refractivity contribution in [2.24, 2.45) is 5.92 Å². The highest BCUT2D eigenvalue weighted by atomic mass is 19.1. The molecule has 1 unspecified atom stereocenters. The van der Waals surface area contributed by atoms with Gasteiger partial charge in [0.2, 0.25) is 0 Å². The molecule has 0 spiro atoms. The number of carbonyl (C=O) groups excluding carboxylic acids is 1. The molecule has 0 amide bonds. The van der Waals surface area contributed by atoms with E-state index in [9.17, 15) is 18.4 Å². The first-order chi connectivity index (χ1) is 8.43. The SMILES string of the molecule is CCOC(=O)C(Cc1cc(F)cc(F)c1)C(=O)O. The summed E-state index contributed by atoms with van der Waals surface area (Å²) in [6.07, 6.45) is -0.317. The number of carboxylic acid groups (broad SMARTS) is 1. The molecule has 4 nitrogen and oxygen atoms in total. The zero-order valence-electron chi connectivity index (χ0n) is 9.65. The highest BCUT2D eigenvalue weighted by molar-refractivity contribution is 5.94. The second kappa shape index (κ2) is 6.09. The number of aliphatic carboxylic acids is 1. The van der Waals surface area contributed by atoms with Crippen LogP contribution < -0.4 is 0 Å². The first-order valence-electron chi connectivity index (χ1n) is 5.28. The van der Waals surface area contributed by atoms with E-state index in [1.165, 1.54) is 0 Å². The van der Waals surface area contributed by atoms with E-state index in [0.717, 1.165) is 12.1 Å². The van der Waals surface area contributed by atoms with E-state index < -0.39 is 29.5 Å². The quantitative estimate of drug-likeness (QED) is 0.645. The monoisotopic (exact) mass is 258 g/mol. The third kappa shape index (κ3) is 3.80. The van der Waals surface area contributed by atoms with Gasteiger partial charge in [0.05, 0.1) is 6.61 Å². The summed E-state index contributed by atoms with van der Waals surface area (Å²) in [6.45, 7) is 1.58. The summed E-state index contributed by atoms with van der Waals surface area (Å²) in [5.74, 6) is -5.42. The molecular formula is C12H12F2O4. The van der Waals surface area contributed by atoms with Crippen LogP contribution in [-0.2, 0) is 20.7 Å². The summed E-state index contributed by atoms with van der Waals surface area (Å²) in [6, 6.07) is 2.64. The molecule has 18 heavy (non-hydrogen) atoms. The maximum Gasteiger partial charge on any atom is 0.320 e. The van der Waals surface area contributed by atoms with Crippen molar-refractivity contribution in [3.8, 4) is 0 Å². The second-order valence-corrected chi connectivity index (χ2v) is 3.62. The minimum absolute atomic E-state index is 0.0418. The van der Waals surface area contributed by atoms with Crippen molar-refractivity contribution in [2.75, 3.05) is 6.61 Å². The number of rotatable bonds is 5. The number of halogens is 2. The summed E-state index contributed by atoms with van der Waals surface area (Å²) in [4.78, 5) is 22.3. The average molecular weight is 258 g/mol. The molecule has 0 aliphatic carbocycles. The number of esters is 1. The van der Waals surface area contributed by atoms with Crippen molar-refractivity contribution in [2.45, 2.75) is 13.3 Å². The predicted octanol–water partition coefficient (Wildman–Crippen LogP) is 1.77. The summed E-state index contributed by atoms with van der Waals surface area (Å²) >= 11 is 0. The summed E-state index contributed by atoms with van der Waals surface area (Å²) in [5, 5.41) is 8.88. The summed E-state index contributed by atoms with van der Waals surface area (Å²) in [7, 11) is 0. The van der Waals surface area contributed by atoms with E-state index >= 15 is 0 Å². The van der Waals surface area contributed by atoms with Gasteiger partial charge < -0.3 is 9.84 Å². The summed E-state index contributed by atoms with van der Waals surface area (Å²) < 4.78 is 30.4. The Kier molecular flexibility index (Phi) is 4.76. The maximum absolute atomic E-state index is 12.9. The Bertz CT molecular complexity index is 439. The van der Waals surface area contributed by atoms with E-state index in [1.54, 1.807) is 6.92 Å². The van der Waals surface area contributed by atoms with E-state index in [4.69, 9.17) is 5.11 Å². The number of carboxylic acids is 1. The number of hydrogen-bond donors (Lipinski definition) is 1. The fourth-order valence-electron chi connectivity index (χ4n) is 1.48. The second-order valence-electron chi connectivity index (χ2n) is 3.62. The molecule has 0 bridgehead atoms. The molecule has 0 fully saturated rings. The van der Waals surface area contributed by atoms with E-state index in [2.05, 4.69) is 4.74 Å². The number of benzene rings is 1. The minimum Gasteiger partial charge on any atom is -0.481 e. The molecule has 0 aromatic heterocycles. The van der Waals surface area contributed by atoms with E-state index in [1.807, 2.05) is 0 Å². The Hall–Kier alpha value is -1.98. The zero-order chi connectivity index (χ0) is 13.7. The predicted molar refractivity (Wildman–Crippen MR) is 57.8 cm³/mol. The first-order valence-corrected chi connectivity index (χ1v) is 5.28. The zero-order valence-corrected chi connectivity index (χ0v) is 9.65. The van der Waals surface area contributed by atoms with E-state index in [-0.39, 0.29) is 18.6 Å². The van der Waals surface area contributed by atoms with Crippen molar-refractivity contribution in [3.63, 3.8) is 0 Å². The lowest BCUT2D eigenvalue weighted by Gasteiger charge is -2.11. The van der Waals surface area contributed by atoms with Gasteiger partial charge in [-0.25, -0.2) is 8.78 Å². The normalized spacial score (nSPS) is 11.9. The van der Waals surface area contributed by atoms with Gasteiger partial charge >= 0.3 is 11.9 Å². The molecular weight excluding hydrogens is 246 g/mol. The van der Waals surface area contributed by atoms with Gasteiger partial charge in [-0.2, -0.15) is 0 Å². The van der Waals surface area contributed by atoms with Crippen LogP contribution >= 0.6 is 0 Å². The van der Waals surface area contributed by atoms with Crippen molar-refractivity contribution in [1.82, 2.24) is 0 Å². The molecule has 1 aromatic rings. The molecule has 0 radical (unpaired) electrons. The lowest BCUT2D eigenvalue weighted by molar-refractivity contribution is -0.158. The van der Waals surface area contributed by atoms with Crippen LogP contribution in [0.5, 0.6) is 0 Å². The lowest BCUT2D eigenvalue weighted by atomic mass is 9.99. The minimum atomic E-state index is -1.47. The topological polar surface area (TPSA) is 63.6 Å². The van der Waals surface area contributed by atoms with Crippen LogP contribution in [0.4, 0.5) is 8.78 Å². The van der Waals surface area contributed by atoms with Crippen LogP contribution in [0.25, 0.3) is 0 Å². The Morgan fingerprint density at radius 2 is 1.83 bits per heavy atom. The van der Waals surface area contributed by atoms with Crippen LogP contribution in [0.15, 0.2) is 18.2 Å². The number of ether oxygens (including phenoxy) is 1. The standard InChI is InChI=1S/C12H12F2O4/c1-2-18-12(17)10(11(15)16)5-7-3-8(13)6-9(14)4-7/h3-4,6,10H,2,5H2,1H3,(H,15,16). The molecule has 0 aliphatic heterocycles. The third-order valence-electron chi connectivity index (χ3n) is 2.23. The molecule has 1 aromatic carbocycles. The first kappa shape index (κ1) is 14.1. The van der Waals surface area contributed by atoms with E-state index in [0.29, 0.717) is 6.07 Å². The van der Waals surface area contributed by atoms with Gasteiger partial charge in [-0.1, -0.05) is 0 Å². The fraction of sp³-hybridized carbons (Fsp3) is 0.333. The Balaban J connectivity index is 2.89. The maximum atomic E-state index is 12.9. The van der Waals surface area contributed by atoms with Crippen LogP contribution in [0.2, 0.25) is 0 Å². The van der Waals surface area contributed by atoms with Gasteiger partial charge in [-0.3, -0.25) is 9.59 Å². The number of hydrogen-bond acceptors (Lipinski definition) is 3. The smallest absolute Gasteiger partial charge is 0.320 e. The van der Waals surface area contributed by atoms with Crippen LogP contribution in [0.1, 0.15) is 12.5 Å². The molecule has 98 valence electrons. The molecule has 0 saturated carbocycles. The lowest BCUT2D eigenvalue weighted by Crippen LogP contribution is -2.28. The Morgan fingerprint density at radius 3 is 2.28 bits per heavy atom. The van der Waals surface area contributed by atoms with Crippen molar-refractivity contribution >= 4 is 11.9 Å². The summed E-state index contributed by atoms with van der Waals surface area (Å²) in [5.41, 5.74) is 0.0907. The van der Waals surface area contributed by atoms with Crippen molar-refractivity contribution in [1.29, 1.82) is 0 Å². The Labute approximate surface area is 102 Å². The van der Waals surface area contributed by atoms with Gasteiger partial charge in [-0.15, -0.1) is 0 Å². The molecule has 1 atom stereocenters. The van der Waals surface area contributed by atoms with Crippen LogP contribution in [-0.4, -0.2) is 23.7 Å². The highest BCUT2D eigenvalue weighted by Crippen LogP contribution is 2.14. The molecule has 0 heterocycles. The number of carbonyl (C=O) groups is 2. The van der Waals surface area contributed by atoms with Gasteiger partial charge in [0, 0.05) is 6.07 Å². The molecule has 1 rings (SSSR count). The highest BCUT2D eigenvalue weighted by Gasteiger charge is 2.28. The molecule has 6 heteroatoms. The molecule has 0 saturated heterocycles. The van der Waals surface area contributed by atoms with Gasteiger partial charge in [0.25, 0.3) is 0 Å². The third-order valence-corrected chi connectivity index (χ3v) is 2.23.